The topological polar surface area (TPSA) is 76.7 Å². The smallest absolute Gasteiger partial charge is 0.266 e. The summed E-state index contributed by atoms with van der Waals surface area (Å²) in [6.45, 7) is 1.92. The van der Waals surface area contributed by atoms with Crippen molar-refractivity contribution in [3.05, 3.63) is 70.8 Å². The molecule has 0 fully saturated rings. The predicted octanol–water partition coefficient (Wildman–Crippen LogP) is 3.41. The minimum absolute atomic E-state index is 0.00575. The minimum atomic E-state index is -0.461. The van der Waals surface area contributed by atoms with Crippen LogP contribution in [0.1, 0.15) is 16.7 Å². The monoisotopic (exact) mass is 287 g/mol. The number of benzene rings is 2. The van der Waals surface area contributed by atoms with Crippen molar-refractivity contribution in [1.82, 2.24) is 0 Å². The van der Waals surface area contributed by atoms with Crippen molar-refractivity contribution in [2.45, 2.75) is 6.92 Å². The second-order valence-corrected chi connectivity index (χ2v) is 4.73. The maximum Gasteiger partial charge on any atom is 0.266 e. The van der Waals surface area contributed by atoms with Crippen LogP contribution in [0.3, 0.4) is 0 Å². The highest BCUT2D eigenvalue weighted by molar-refractivity contribution is 6.09. The van der Waals surface area contributed by atoms with Crippen molar-refractivity contribution in [2.24, 2.45) is 0 Å². The van der Waals surface area contributed by atoms with Crippen LogP contribution in [0, 0.1) is 29.6 Å². The summed E-state index contributed by atoms with van der Waals surface area (Å²) in [6, 6.07) is 17.9. The Balaban J connectivity index is 2.20. The maximum absolute atomic E-state index is 12.1. The van der Waals surface area contributed by atoms with E-state index in [9.17, 15) is 4.79 Å². The quantitative estimate of drug-likeness (QED) is 0.694. The molecule has 2 aromatic carbocycles. The summed E-state index contributed by atoms with van der Waals surface area (Å²) < 4.78 is 0. The summed E-state index contributed by atoms with van der Waals surface area (Å²) >= 11 is 0. The number of anilines is 1. The van der Waals surface area contributed by atoms with Crippen LogP contribution in [0.15, 0.2) is 54.1 Å². The zero-order valence-electron chi connectivity index (χ0n) is 12.0. The molecule has 4 nitrogen and oxygen atoms in total. The van der Waals surface area contributed by atoms with Gasteiger partial charge in [0.1, 0.15) is 11.6 Å². The van der Waals surface area contributed by atoms with E-state index in [1.807, 2.05) is 37.3 Å². The molecule has 1 amide bonds. The third-order valence-electron chi connectivity index (χ3n) is 2.99. The Labute approximate surface area is 128 Å². The zero-order chi connectivity index (χ0) is 15.9. The van der Waals surface area contributed by atoms with Crippen molar-refractivity contribution >= 4 is 17.7 Å². The van der Waals surface area contributed by atoms with Gasteiger partial charge in [0.25, 0.3) is 5.91 Å². The highest BCUT2D eigenvalue weighted by Crippen LogP contribution is 2.13. The fourth-order valence-corrected chi connectivity index (χ4v) is 1.89. The lowest BCUT2D eigenvalue weighted by atomic mass is 10.1. The first kappa shape index (κ1) is 15.0. The van der Waals surface area contributed by atoms with Crippen molar-refractivity contribution in [3.8, 4) is 12.1 Å². The van der Waals surface area contributed by atoms with E-state index >= 15 is 0 Å². The molecule has 2 aromatic rings. The second-order valence-electron chi connectivity index (χ2n) is 4.73. The number of nitrogens with one attached hydrogen (secondary N) is 1. The Kier molecular flexibility index (Phi) is 4.70. The van der Waals surface area contributed by atoms with E-state index in [-0.39, 0.29) is 5.57 Å². The van der Waals surface area contributed by atoms with Crippen molar-refractivity contribution in [1.29, 1.82) is 10.5 Å². The molecule has 22 heavy (non-hydrogen) atoms. The van der Waals surface area contributed by atoms with Crippen LogP contribution in [0.25, 0.3) is 6.08 Å². The molecule has 0 unspecified atom stereocenters. The molecule has 1 N–H and O–H groups in total. The number of hydrogen-bond acceptors (Lipinski definition) is 3. The number of aryl methyl sites for hydroxylation is 1. The van der Waals surface area contributed by atoms with Crippen LogP contribution in [0.2, 0.25) is 0 Å². The molecular formula is C18H13N3O. The minimum Gasteiger partial charge on any atom is -0.321 e. The fourth-order valence-electron chi connectivity index (χ4n) is 1.89. The van der Waals surface area contributed by atoms with Gasteiger partial charge in [0.2, 0.25) is 0 Å². The molecule has 0 aliphatic rings. The second kappa shape index (κ2) is 6.88. The predicted molar refractivity (Wildman–Crippen MR) is 84.6 cm³/mol. The Bertz CT molecular complexity index is 805. The lowest BCUT2D eigenvalue weighted by molar-refractivity contribution is -0.112. The van der Waals surface area contributed by atoms with Crippen molar-refractivity contribution < 1.29 is 4.79 Å². The first-order valence-electron chi connectivity index (χ1n) is 6.62. The molecule has 0 atom stereocenters. The molecule has 0 aromatic heterocycles. The first-order chi connectivity index (χ1) is 10.6. The molecule has 0 saturated heterocycles. The maximum atomic E-state index is 12.1. The number of nitrogens with zero attached hydrogens (tertiary/aromatic N) is 2. The number of carbonyl (C=O) groups is 1. The molecule has 4 heteroatoms. The van der Waals surface area contributed by atoms with Crippen molar-refractivity contribution in [3.63, 3.8) is 0 Å². The highest BCUT2D eigenvalue weighted by atomic mass is 16.1. The van der Waals surface area contributed by atoms with Gasteiger partial charge in [-0.1, -0.05) is 24.3 Å². The molecule has 106 valence electrons. The lowest BCUT2D eigenvalue weighted by Gasteiger charge is -2.05. The van der Waals surface area contributed by atoms with Gasteiger partial charge in [-0.2, -0.15) is 10.5 Å². The number of rotatable bonds is 3. The summed E-state index contributed by atoms with van der Waals surface area (Å²) in [6.07, 6.45) is 1.49. The number of carbonyl (C=O) groups excluding carboxylic acids is 1. The Morgan fingerprint density at radius 1 is 1.14 bits per heavy atom. The third kappa shape index (κ3) is 3.82. The van der Waals surface area contributed by atoms with Gasteiger partial charge < -0.3 is 5.32 Å². The van der Waals surface area contributed by atoms with E-state index in [4.69, 9.17) is 10.5 Å². The van der Waals surface area contributed by atoms with E-state index in [1.54, 1.807) is 30.3 Å². The molecule has 0 spiro atoms. The van der Waals surface area contributed by atoms with E-state index in [0.29, 0.717) is 16.8 Å². The Morgan fingerprint density at radius 2 is 1.86 bits per heavy atom. The lowest BCUT2D eigenvalue weighted by Crippen LogP contribution is -2.13. The van der Waals surface area contributed by atoms with E-state index < -0.39 is 5.91 Å². The molecular weight excluding hydrogens is 274 g/mol. The molecule has 0 heterocycles. The molecule has 0 bridgehead atoms. The zero-order valence-corrected chi connectivity index (χ0v) is 12.0. The summed E-state index contributed by atoms with van der Waals surface area (Å²) in [5.74, 6) is -0.461. The molecule has 0 aliphatic carbocycles. The van der Waals surface area contributed by atoms with Crippen LogP contribution in [-0.4, -0.2) is 5.91 Å². The molecule has 0 radical (unpaired) electrons. The van der Waals surface area contributed by atoms with Gasteiger partial charge >= 0.3 is 0 Å². The van der Waals surface area contributed by atoms with Crippen molar-refractivity contribution in [2.75, 3.05) is 5.32 Å². The Morgan fingerprint density at radius 3 is 2.45 bits per heavy atom. The van der Waals surface area contributed by atoms with Gasteiger partial charge in [0, 0.05) is 5.69 Å². The standard InChI is InChI=1S/C18H13N3O/c1-13-3-2-4-17(9-13)21-18(22)16(12-20)10-14-5-7-15(11-19)8-6-14/h2-10H,1H3,(H,21,22)/b16-10+. The van der Waals surface area contributed by atoms with Crippen LogP contribution in [-0.2, 0) is 4.79 Å². The van der Waals surface area contributed by atoms with Crippen LogP contribution in [0.4, 0.5) is 5.69 Å². The van der Waals surface area contributed by atoms with E-state index in [0.717, 1.165) is 5.56 Å². The summed E-state index contributed by atoms with van der Waals surface area (Å²) in [5.41, 5.74) is 2.89. The molecule has 2 rings (SSSR count). The number of nitriles is 2. The number of hydrogen-bond donors (Lipinski definition) is 1. The SMILES string of the molecule is Cc1cccc(NC(=O)/C(C#N)=C/c2ccc(C#N)cc2)c1. The number of amides is 1. The Hall–Kier alpha value is -3.37. The van der Waals surface area contributed by atoms with E-state index in [2.05, 4.69) is 5.32 Å². The highest BCUT2D eigenvalue weighted by Gasteiger charge is 2.09. The van der Waals surface area contributed by atoms with Crippen LogP contribution < -0.4 is 5.32 Å². The normalized spacial score (nSPS) is 10.4. The first-order valence-corrected chi connectivity index (χ1v) is 6.62. The van der Waals surface area contributed by atoms with Crippen LogP contribution >= 0.6 is 0 Å². The van der Waals surface area contributed by atoms with Gasteiger partial charge in [0.15, 0.2) is 0 Å². The fraction of sp³-hybridized carbons (Fsp3) is 0.0556. The van der Waals surface area contributed by atoms with Gasteiger partial charge in [-0.05, 0) is 48.4 Å². The van der Waals surface area contributed by atoms with Gasteiger partial charge in [0.05, 0.1) is 11.6 Å². The summed E-state index contributed by atoms with van der Waals surface area (Å²) in [5, 5.41) is 20.6. The van der Waals surface area contributed by atoms with Gasteiger partial charge in [-0.3, -0.25) is 4.79 Å². The largest absolute Gasteiger partial charge is 0.321 e. The third-order valence-corrected chi connectivity index (χ3v) is 2.99. The molecule has 0 saturated carbocycles. The van der Waals surface area contributed by atoms with Crippen LogP contribution in [0.5, 0.6) is 0 Å². The van der Waals surface area contributed by atoms with Gasteiger partial charge in [-0.25, -0.2) is 0 Å². The summed E-state index contributed by atoms with van der Waals surface area (Å²) in [7, 11) is 0. The molecule has 0 aliphatic heterocycles. The van der Waals surface area contributed by atoms with Gasteiger partial charge in [-0.15, -0.1) is 0 Å². The van der Waals surface area contributed by atoms with E-state index in [1.165, 1.54) is 6.08 Å². The summed E-state index contributed by atoms with van der Waals surface area (Å²) in [4.78, 5) is 12.1. The average molecular weight is 287 g/mol. The average Bonchev–Trinajstić information content (AvgIpc) is 2.53.